The number of hydrogen-bond acceptors (Lipinski definition) is 4. The third-order valence-corrected chi connectivity index (χ3v) is 4.61. The number of hydrogen-bond donors (Lipinski definition) is 1. The van der Waals surface area contributed by atoms with Crippen molar-refractivity contribution in [2.45, 2.75) is 32.4 Å². The molecule has 1 amide bonds. The Morgan fingerprint density at radius 2 is 2.16 bits per heavy atom. The molecule has 1 N–H and O–H groups in total. The van der Waals surface area contributed by atoms with Gasteiger partial charge in [-0.15, -0.1) is 0 Å². The Labute approximate surface area is 145 Å². The van der Waals surface area contributed by atoms with E-state index in [1.807, 2.05) is 19.9 Å². The first-order valence-corrected chi connectivity index (χ1v) is 8.22. The summed E-state index contributed by atoms with van der Waals surface area (Å²) in [4.78, 5) is 14.3. The van der Waals surface area contributed by atoms with Crippen molar-refractivity contribution in [3.05, 3.63) is 47.0 Å². The topological polar surface area (TPSA) is 67.6 Å². The van der Waals surface area contributed by atoms with Crippen molar-refractivity contribution < 1.29 is 19.0 Å². The minimum atomic E-state index is -0.514. The van der Waals surface area contributed by atoms with Crippen LogP contribution in [0.5, 0.6) is 0 Å². The Hall–Kier alpha value is -2.25. The molecule has 2 atom stereocenters. The van der Waals surface area contributed by atoms with Gasteiger partial charge >= 0.3 is 0 Å². The van der Waals surface area contributed by atoms with Crippen LogP contribution in [0.25, 0.3) is 5.69 Å². The van der Waals surface area contributed by atoms with Crippen LogP contribution in [0, 0.1) is 19.7 Å². The summed E-state index contributed by atoms with van der Waals surface area (Å²) in [5, 5.41) is 13.8. The predicted octanol–water partition coefficient (Wildman–Crippen LogP) is 1.85. The number of carbonyl (C=O) groups excluding carboxylic acids is 1. The number of aryl methyl sites for hydroxylation is 2. The van der Waals surface area contributed by atoms with Crippen LogP contribution < -0.4 is 0 Å². The highest BCUT2D eigenvalue weighted by atomic mass is 19.1. The van der Waals surface area contributed by atoms with Crippen molar-refractivity contribution in [2.75, 3.05) is 20.3 Å². The number of ether oxygens (including phenoxy) is 1. The van der Waals surface area contributed by atoms with Gasteiger partial charge in [-0.3, -0.25) is 4.79 Å². The lowest BCUT2D eigenvalue weighted by molar-refractivity contribution is 0.0647. The first kappa shape index (κ1) is 17.6. The van der Waals surface area contributed by atoms with Crippen molar-refractivity contribution in [2.24, 2.45) is 0 Å². The van der Waals surface area contributed by atoms with Crippen LogP contribution in [0.3, 0.4) is 0 Å². The average Bonchev–Trinajstić information content (AvgIpc) is 3.16. The maximum absolute atomic E-state index is 14.6. The number of nitrogens with zero attached hydrogens (tertiary/aromatic N) is 3. The minimum Gasteiger partial charge on any atom is -0.394 e. The number of amides is 1. The predicted molar refractivity (Wildman–Crippen MR) is 90.3 cm³/mol. The fourth-order valence-corrected chi connectivity index (χ4v) is 3.32. The van der Waals surface area contributed by atoms with Gasteiger partial charge in [-0.2, -0.15) is 5.10 Å². The maximum Gasteiger partial charge on any atom is 0.254 e. The normalized spacial score (nSPS) is 20.3. The van der Waals surface area contributed by atoms with Crippen LogP contribution in [0.2, 0.25) is 0 Å². The maximum atomic E-state index is 14.6. The molecule has 0 radical (unpaired) electrons. The number of aliphatic hydroxyl groups excluding tert-OH is 1. The van der Waals surface area contributed by atoms with E-state index in [1.54, 1.807) is 24.1 Å². The molecule has 0 saturated carbocycles. The number of benzene rings is 1. The van der Waals surface area contributed by atoms with Crippen molar-refractivity contribution in [3.63, 3.8) is 0 Å². The Morgan fingerprint density at radius 3 is 2.72 bits per heavy atom. The number of carbonyl (C=O) groups is 1. The van der Waals surface area contributed by atoms with Crippen molar-refractivity contribution in [3.8, 4) is 5.69 Å². The molecule has 25 heavy (non-hydrogen) atoms. The largest absolute Gasteiger partial charge is 0.394 e. The fraction of sp³-hybridized carbons (Fsp3) is 0.444. The fourth-order valence-electron chi connectivity index (χ4n) is 3.32. The van der Waals surface area contributed by atoms with Crippen molar-refractivity contribution >= 4 is 5.91 Å². The van der Waals surface area contributed by atoms with E-state index in [2.05, 4.69) is 5.10 Å². The van der Waals surface area contributed by atoms with Gasteiger partial charge in [0.15, 0.2) is 0 Å². The highest BCUT2D eigenvalue weighted by Gasteiger charge is 2.35. The first-order chi connectivity index (χ1) is 11.9. The van der Waals surface area contributed by atoms with Crippen LogP contribution in [0.15, 0.2) is 24.3 Å². The Morgan fingerprint density at radius 1 is 1.40 bits per heavy atom. The summed E-state index contributed by atoms with van der Waals surface area (Å²) in [6, 6.07) is 5.92. The molecule has 3 rings (SSSR count). The summed E-state index contributed by atoms with van der Waals surface area (Å²) in [5.41, 5.74) is 2.17. The molecule has 1 aromatic carbocycles. The molecule has 1 aliphatic rings. The lowest BCUT2D eigenvalue weighted by atomic mass is 10.1. The number of aliphatic hydroxyl groups is 1. The van der Waals surface area contributed by atoms with Crippen LogP contribution in [0.1, 0.15) is 28.2 Å². The Balaban J connectivity index is 1.87. The third-order valence-electron chi connectivity index (χ3n) is 4.61. The summed E-state index contributed by atoms with van der Waals surface area (Å²) >= 11 is 0. The molecule has 2 heterocycles. The van der Waals surface area contributed by atoms with Crippen molar-refractivity contribution in [1.82, 2.24) is 14.7 Å². The van der Waals surface area contributed by atoms with Gasteiger partial charge in [0, 0.05) is 24.9 Å². The molecule has 6 nitrogen and oxygen atoms in total. The molecule has 134 valence electrons. The second-order valence-corrected chi connectivity index (χ2v) is 6.39. The van der Waals surface area contributed by atoms with Crippen LogP contribution in [0.4, 0.5) is 4.39 Å². The number of aromatic nitrogens is 2. The number of halogens is 1. The van der Waals surface area contributed by atoms with E-state index in [9.17, 15) is 14.3 Å². The van der Waals surface area contributed by atoms with Gasteiger partial charge in [0.1, 0.15) is 11.5 Å². The highest BCUT2D eigenvalue weighted by Crippen LogP contribution is 2.24. The minimum absolute atomic E-state index is 0.111. The van der Waals surface area contributed by atoms with E-state index in [0.717, 1.165) is 11.4 Å². The zero-order valence-electron chi connectivity index (χ0n) is 14.6. The lowest BCUT2D eigenvalue weighted by Crippen LogP contribution is -2.38. The zero-order chi connectivity index (χ0) is 18.1. The smallest absolute Gasteiger partial charge is 0.254 e. The average molecular weight is 347 g/mol. The van der Waals surface area contributed by atoms with Crippen molar-refractivity contribution in [1.29, 1.82) is 0 Å². The quantitative estimate of drug-likeness (QED) is 0.917. The molecule has 1 saturated heterocycles. The first-order valence-electron chi connectivity index (χ1n) is 8.22. The standard InChI is InChI=1S/C18H22FN3O3/c1-11-6-12(2)22(20-11)17-5-4-13(7-16(17)19)18(24)21-9-15(25-3)8-14(21)10-23/h4-7,14-15,23H,8-10H2,1-3H3/t14-,15-/m0/s1. The van der Waals surface area contributed by atoms with E-state index in [0.29, 0.717) is 18.7 Å². The van der Waals surface area contributed by atoms with Gasteiger partial charge in [-0.1, -0.05) is 0 Å². The van der Waals surface area contributed by atoms with Crippen LogP contribution >= 0.6 is 0 Å². The van der Waals surface area contributed by atoms with Gasteiger partial charge in [0.2, 0.25) is 0 Å². The lowest BCUT2D eigenvalue weighted by Gasteiger charge is -2.23. The third kappa shape index (κ3) is 3.29. The zero-order valence-corrected chi connectivity index (χ0v) is 14.6. The van der Waals surface area contributed by atoms with E-state index in [-0.39, 0.29) is 30.2 Å². The molecule has 1 fully saturated rings. The summed E-state index contributed by atoms with van der Waals surface area (Å²) in [7, 11) is 1.58. The Kier molecular flexibility index (Phi) is 4.87. The van der Waals surface area contributed by atoms with Crippen LogP contribution in [-0.2, 0) is 4.74 Å². The molecule has 2 aromatic rings. The van der Waals surface area contributed by atoms with Gasteiger partial charge in [-0.05, 0) is 44.5 Å². The number of methoxy groups -OCH3 is 1. The number of likely N-dealkylation sites (tertiary alicyclic amines) is 1. The van der Waals surface area contributed by atoms with Gasteiger partial charge in [0.25, 0.3) is 5.91 Å². The van der Waals surface area contributed by atoms with E-state index in [1.165, 1.54) is 10.7 Å². The summed E-state index contributed by atoms with van der Waals surface area (Å²) in [6.45, 7) is 3.94. The molecule has 0 spiro atoms. The summed E-state index contributed by atoms with van der Waals surface area (Å²) in [5.74, 6) is -0.822. The van der Waals surface area contributed by atoms with E-state index in [4.69, 9.17) is 4.74 Å². The van der Waals surface area contributed by atoms with E-state index >= 15 is 0 Å². The summed E-state index contributed by atoms with van der Waals surface area (Å²) in [6.07, 6.45) is 0.463. The highest BCUT2D eigenvalue weighted by molar-refractivity contribution is 5.95. The Bertz CT molecular complexity index is 790. The van der Waals surface area contributed by atoms with Crippen LogP contribution in [-0.4, -0.2) is 58.1 Å². The molecular formula is C18H22FN3O3. The van der Waals surface area contributed by atoms with Gasteiger partial charge in [0.05, 0.1) is 24.4 Å². The van der Waals surface area contributed by atoms with Gasteiger partial charge < -0.3 is 14.7 Å². The summed E-state index contributed by atoms with van der Waals surface area (Å²) < 4.78 is 21.4. The molecule has 0 bridgehead atoms. The number of rotatable bonds is 4. The monoisotopic (exact) mass is 347 g/mol. The second kappa shape index (κ2) is 6.93. The molecular weight excluding hydrogens is 325 g/mol. The van der Waals surface area contributed by atoms with E-state index < -0.39 is 5.82 Å². The molecule has 1 aliphatic heterocycles. The molecule has 7 heteroatoms. The molecule has 0 aliphatic carbocycles. The molecule has 1 aromatic heterocycles. The SMILES string of the molecule is CO[C@H]1C[C@@H](CO)N(C(=O)c2ccc(-n3nc(C)cc3C)c(F)c2)C1. The van der Waals surface area contributed by atoms with Gasteiger partial charge in [-0.25, -0.2) is 9.07 Å². The second-order valence-electron chi connectivity index (χ2n) is 6.39. The molecule has 0 unspecified atom stereocenters.